The molecule has 0 saturated heterocycles. The van der Waals surface area contributed by atoms with Gasteiger partial charge in [-0.3, -0.25) is 4.98 Å². The van der Waals surface area contributed by atoms with Crippen molar-refractivity contribution < 1.29 is 5.11 Å². The third kappa shape index (κ3) is 1.31. The van der Waals surface area contributed by atoms with Crippen molar-refractivity contribution in [2.24, 2.45) is 0 Å². The van der Waals surface area contributed by atoms with Crippen LogP contribution in [0, 0.1) is 3.57 Å². The van der Waals surface area contributed by atoms with Gasteiger partial charge in [-0.1, -0.05) is 6.07 Å². The molecule has 1 aromatic carbocycles. The summed E-state index contributed by atoms with van der Waals surface area (Å²) < 4.78 is 0.996. The molecule has 66 valence electrons. The number of benzene rings is 1. The largest absolute Gasteiger partial charge is 0.504 e. The number of rotatable bonds is 0. The van der Waals surface area contributed by atoms with E-state index < -0.39 is 0 Å². The second-order valence-electron chi connectivity index (χ2n) is 2.70. The van der Waals surface area contributed by atoms with Crippen molar-refractivity contribution in [3.05, 3.63) is 28.0 Å². The molecule has 0 unspecified atom stereocenters. The highest BCUT2D eigenvalue weighted by molar-refractivity contribution is 14.1. The lowest BCUT2D eigenvalue weighted by atomic mass is 10.2. The van der Waals surface area contributed by atoms with E-state index in [-0.39, 0.29) is 5.75 Å². The molecule has 0 amide bonds. The van der Waals surface area contributed by atoms with Crippen LogP contribution in [-0.4, -0.2) is 10.1 Å². The lowest BCUT2D eigenvalue weighted by Gasteiger charge is -2.04. The zero-order chi connectivity index (χ0) is 9.42. The second-order valence-corrected chi connectivity index (χ2v) is 3.86. The molecule has 0 aliphatic rings. The van der Waals surface area contributed by atoms with Gasteiger partial charge in [0, 0.05) is 15.2 Å². The van der Waals surface area contributed by atoms with Crippen molar-refractivity contribution in [2.45, 2.75) is 0 Å². The number of fused-ring (bicyclic) bond motifs is 1. The first-order valence-electron chi connectivity index (χ1n) is 3.72. The summed E-state index contributed by atoms with van der Waals surface area (Å²) in [6.07, 6.45) is 1.64. The monoisotopic (exact) mass is 286 g/mol. The highest BCUT2D eigenvalue weighted by Crippen LogP contribution is 2.32. The minimum atomic E-state index is 0.0658. The standard InChI is InChI=1S/C9H7IN2O/c10-6-4-7(11)9(13)8-5(6)2-1-3-12-8/h1-4,13H,11H2. The summed E-state index contributed by atoms with van der Waals surface area (Å²) in [5.74, 6) is 0.0658. The summed E-state index contributed by atoms with van der Waals surface area (Å²) in [4.78, 5) is 4.07. The van der Waals surface area contributed by atoms with Crippen LogP contribution in [0.2, 0.25) is 0 Å². The van der Waals surface area contributed by atoms with E-state index in [0.29, 0.717) is 11.2 Å². The molecule has 1 heterocycles. The van der Waals surface area contributed by atoms with Crippen LogP contribution in [0.15, 0.2) is 24.4 Å². The maximum Gasteiger partial charge on any atom is 0.165 e. The molecule has 0 radical (unpaired) electrons. The molecule has 3 nitrogen and oxygen atoms in total. The fourth-order valence-corrected chi connectivity index (χ4v) is 1.98. The minimum Gasteiger partial charge on any atom is -0.504 e. The molecular formula is C9H7IN2O. The maximum absolute atomic E-state index is 9.59. The van der Waals surface area contributed by atoms with Gasteiger partial charge in [-0.05, 0) is 34.7 Å². The van der Waals surface area contributed by atoms with Crippen molar-refractivity contribution in [1.29, 1.82) is 0 Å². The third-order valence-electron chi connectivity index (χ3n) is 1.84. The van der Waals surface area contributed by atoms with Crippen molar-refractivity contribution in [3.63, 3.8) is 0 Å². The van der Waals surface area contributed by atoms with Crippen LogP contribution in [0.25, 0.3) is 10.9 Å². The predicted molar refractivity (Wildman–Crippen MR) is 60.5 cm³/mol. The van der Waals surface area contributed by atoms with Gasteiger partial charge in [0.05, 0.1) is 5.69 Å². The quantitative estimate of drug-likeness (QED) is 0.443. The number of hydrogen-bond donors (Lipinski definition) is 2. The van der Waals surface area contributed by atoms with Gasteiger partial charge >= 0.3 is 0 Å². The fraction of sp³-hybridized carbons (Fsp3) is 0. The molecule has 2 aromatic rings. The van der Waals surface area contributed by atoms with Crippen molar-refractivity contribution >= 4 is 39.2 Å². The molecule has 0 atom stereocenters. The number of phenols is 1. The van der Waals surface area contributed by atoms with Crippen LogP contribution >= 0.6 is 22.6 Å². The fourth-order valence-electron chi connectivity index (χ4n) is 1.21. The highest BCUT2D eigenvalue weighted by Gasteiger charge is 2.07. The first kappa shape index (κ1) is 8.55. The number of aromatic hydroxyl groups is 1. The van der Waals surface area contributed by atoms with E-state index in [2.05, 4.69) is 27.6 Å². The Bertz CT molecular complexity index is 470. The van der Waals surface area contributed by atoms with E-state index in [4.69, 9.17) is 5.73 Å². The van der Waals surface area contributed by atoms with Gasteiger partial charge in [0.25, 0.3) is 0 Å². The Morgan fingerprint density at radius 1 is 1.46 bits per heavy atom. The third-order valence-corrected chi connectivity index (χ3v) is 2.74. The number of anilines is 1. The van der Waals surface area contributed by atoms with Crippen LogP contribution in [0.3, 0.4) is 0 Å². The van der Waals surface area contributed by atoms with Gasteiger partial charge < -0.3 is 10.8 Å². The first-order valence-corrected chi connectivity index (χ1v) is 4.79. The van der Waals surface area contributed by atoms with Crippen LogP contribution in [-0.2, 0) is 0 Å². The topological polar surface area (TPSA) is 59.1 Å². The van der Waals surface area contributed by atoms with Crippen molar-refractivity contribution in [2.75, 3.05) is 5.73 Å². The molecule has 1 aromatic heterocycles. The van der Waals surface area contributed by atoms with Crippen LogP contribution < -0.4 is 5.73 Å². The number of nitrogens with two attached hydrogens (primary N) is 1. The normalized spacial score (nSPS) is 10.5. The van der Waals surface area contributed by atoms with Crippen molar-refractivity contribution in [3.8, 4) is 5.75 Å². The summed E-state index contributed by atoms with van der Waals surface area (Å²) in [5.41, 5.74) is 6.52. The average Bonchev–Trinajstić information content (AvgIpc) is 2.15. The van der Waals surface area contributed by atoms with Gasteiger partial charge in [-0.2, -0.15) is 0 Å². The molecule has 0 aliphatic carbocycles. The van der Waals surface area contributed by atoms with E-state index in [1.54, 1.807) is 12.3 Å². The summed E-state index contributed by atoms with van der Waals surface area (Å²) >= 11 is 2.17. The van der Waals surface area contributed by atoms with E-state index in [1.807, 2.05) is 12.1 Å². The summed E-state index contributed by atoms with van der Waals surface area (Å²) in [6, 6.07) is 5.48. The Morgan fingerprint density at radius 2 is 2.23 bits per heavy atom. The molecule has 0 aliphatic heterocycles. The van der Waals surface area contributed by atoms with E-state index >= 15 is 0 Å². The zero-order valence-electron chi connectivity index (χ0n) is 6.66. The Labute approximate surface area is 88.7 Å². The average molecular weight is 286 g/mol. The van der Waals surface area contributed by atoms with E-state index in [0.717, 1.165) is 8.96 Å². The van der Waals surface area contributed by atoms with E-state index in [1.165, 1.54) is 0 Å². The Hall–Kier alpha value is -1.04. The van der Waals surface area contributed by atoms with Gasteiger partial charge in [0.15, 0.2) is 5.75 Å². The maximum atomic E-state index is 9.59. The lowest BCUT2D eigenvalue weighted by molar-refractivity contribution is 0.483. The number of aromatic nitrogens is 1. The van der Waals surface area contributed by atoms with E-state index in [9.17, 15) is 5.11 Å². The second kappa shape index (κ2) is 3.02. The summed E-state index contributed by atoms with van der Waals surface area (Å²) in [6.45, 7) is 0. The Morgan fingerprint density at radius 3 is 3.00 bits per heavy atom. The number of hydrogen-bond acceptors (Lipinski definition) is 3. The molecule has 0 fully saturated rings. The van der Waals surface area contributed by atoms with Crippen molar-refractivity contribution in [1.82, 2.24) is 4.98 Å². The Kier molecular flexibility index (Phi) is 1.99. The SMILES string of the molecule is Nc1cc(I)c2cccnc2c1O. The molecule has 0 bridgehead atoms. The zero-order valence-corrected chi connectivity index (χ0v) is 8.82. The number of halogens is 1. The Balaban J connectivity index is 2.97. The molecule has 0 spiro atoms. The predicted octanol–water partition coefficient (Wildman–Crippen LogP) is 2.13. The molecule has 3 N–H and O–H groups in total. The lowest BCUT2D eigenvalue weighted by Crippen LogP contribution is -1.90. The summed E-state index contributed by atoms with van der Waals surface area (Å²) in [7, 11) is 0. The molecule has 2 rings (SSSR count). The van der Waals surface area contributed by atoms with Crippen LogP contribution in [0.5, 0.6) is 5.75 Å². The molecular weight excluding hydrogens is 279 g/mol. The molecule has 4 heteroatoms. The van der Waals surface area contributed by atoms with Gasteiger partial charge in [-0.15, -0.1) is 0 Å². The molecule has 13 heavy (non-hydrogen) atoms. The first-order chi connectivity index (χ1) is 6.20. The minimum absolute atomic E-state index is 0.0658. The number of pyridine rings is 1. The van der Waals surface area contributed by atoms with Crippen LogP contribution in [0.4, 0.5) is 5.69 Å². The van der Waals surface area contributed by atoms with Gasteiger partial charge in [0.1, 0.15) is 5.52 Å². The smallest absolute Gasteiger partial charge is 0.165 e. The number of nitrogen functional groups attached to an aromatic ring is 1. The van der Waals surface area contributed by atoms with Crippen LogP contribution in [0.1, 0.15) is 0 Å². The molecule has 0 saturated carbocycles. The summed E-state index contributed by atoms with van der Waals surface area (Å²) in [5, 5.41) is 10.5. The number of nitrogens with zero attached hydrogens (tertiary/aromatic N) is 1. The number of phenolic OH excluding ortho intramolecular Hbond substituents is 1. The van der Waals surface area contributed by atoms with Gasteiger partial charge in [0.2, 0.25) is 0 Å². The van der Waals surface area contributed by atoms with Gasteiger partial charge in [-0.25, -0.2) is 0 Å². The highest BCUT2D eigenvalue weighted by atomic mass is 127.